The summed E-state index contributed by atoms with van der Waals surface area (Å²) < 4.78 is 10.1. The van der Waals surface area contributed by atoms with E-state index in [1.54, 1.807) is 7.11 Å². The Morgan fingerprint density at radius 2 is 2.00 bits per heavy atom. The van der Waals surface area contributed by atoms with Crippen LogP contribution in [0.5, 0.6) is 5.75 Å². The standard InChI is InChI=1S/C15H21NO3/c1-18-13-7-5-12(6-8-13)11-15(14(17)19-2)9-3-4-10-16-15/h5-8,16H,3-4,9-11H2,1-2H3. The minimum absolute atomic E-state index is 0.164. The first-order chi connectivity index (χ1) is 9.20. The summed E-state index contributed by atoms with van der Waals surface area (Å²) >= 11 is 0. The van der Waals surface area contributed by atoms with Gasteiger partial charge in [0.25, 0.3) is 0 Å². The molecule has 0 spiro atoms. The number of esters is 1. The van der Waals surface area contributed by atoms with Crippen LogP contribution in [0.2, 0.25) is 0 Å². The molecule has 0 amide bonds. The topological polar surface area (TPSA) is 47.6 Å². The molecule has 0 aliphatic carbocycles. The molecule has 2 rings (SSSR count). The average Bonchev–Trinajstić information content (AvgIpc) is 2.48. The van der Waals surface area contributed by atoms with E-state index in [1.807, 2.05) is 24.3 Å². The minimum atomic E-state index is -0.568. The number of carbonyl (C=O) groups is 1. The maximum absolute atomic E-state index is 12.1. The molecule has 1 heterocycles. The molecule has 4 nitrogen and oxygen atoms in total. The summed E-state index contributed by atoms with van der Waals surface area (Å²) in [6, 6.07) is 7.84. The van der Waals surface area contributed by atoms with Crippen LogP contribution in [0, 0.1) is 0 Å². The van der Waals surface area contributed by atoms with Gasteiger partial charge in [0, 0.05) is 6.42 Å². The number of carbonyl (C=O) groups excluding carboxylic acids is 1. The summed E-state index contributed by atoms with van der Waals surface area (Å²) in [7, 11) is 3.10. The van der Waals surface area contributed by atoms with Crippen molar-refractivity contribution >= 4 is 5.97 Å². The number of hydrogen-bond acceptors (Lipinski definition) is 4. The van der Waals surface area contributed by atoms with Crippen molar-refractivity contribution in [1.82, 2.24) is 5.32 Å². The summed E-state index contributed by atoms with van der Waals surface area (Å²) in [4.78, 5) is 12.1. The van der Waals surface area contributed by atoms with E-state index in [1.165, 1.54) is 7.11 Å². The highest BCUT2D eigenvalue weighted by Gasteiger charge is 2.40. The molecule has 104 valence electrons. The fourth-order valence-corrected chi connectivity index (χ4v) is 2.65. The lowest BCUT2D eigenvalue weighted by Gasteiger charge is -2.35. The number of ether oxygens (including phenoxy) is 2. The van der Waals surface area contributed by atoms with Gasteiger partial charge >= 0.3 is 5.97 Å². The molecule has 0 aromatic heterocycles. The fraction of sp³-hybridized carbons (Fsp3) is 0.533. The van der Waals surface area contributed by atoms with Crippen LogP contribution >= 0.6 is 0 Å². The molecule has 4 heteroatoms. The van der Waals surface area contributed by atoms with E-state index in [4.69, 9.17) is 9.47 Å². The van der Waals surface area contributed by atoms with E-state index in [0.717, 1.165) is 37.1 Å². The lowest BCUT2D eigenvalue weighted by Crippen LogP contribution is -2.56. The van der Waals surface area contributed by atoms with Crippen molar-refractivity contribution in [3.63, 3.8) is 0 Å². The molecule has 1 N–H and O–H groups in total. The zero-order valence-corrected chi connectivity index (χ0v) is 11.6. The SMILES string of the molecule is COC(=O)C1(Cc2ccc(OC)cc2)CCCCN1. The Bertz CT molecular complexity index is 422. The van der Waals surface area contributed by atoms with Gasteiger partial charge in [0.05, 0.1) is 14.2 Å². The maximum Gasteiger partial charge on any atom is 0.326 e. The molecule has 0 bridgehead atoms. The molecule has 1 aromatic rings. The molecule has 1 unspecified atom stereocenters. The third kappa shape index (κ3) is 3.07. The van der Waals surface area contributed by atoms with Crippen molar-refractivity contribution in [3.05, 3.63) is 29.8 Å². The van der Waals surface area contributed by atoms with Gasteiger partial charge in [-0.25, -0.2) is 0 Å². The van der Waals surface area contributed by atoms with Crippen LogP contribution < -0.4 is 10.1 Å². The smallest absolute Gasteiger partial charge is 0.326 e. The van der Waals surface area contributed by atoms with E-state index in [-0.39, 0.29) is 5.97 Å². The van der Waals surface area contributed by atoms with Gasteiger partial charge < -0.3 is 14.8 Å². The lowest BCUT2D eigenvalue weighted by molar-refractivity contribution is -0.149. The monoisotopic (exact) mass is 263 g/mol. The predicted octanol–water partition coefficient (Wildman–Crippen LogP) is 1.92. The third-order valence-corrected chi connectivity index (χ3v) is 3.73. The Kier molecular flexibility index (Phi) is 4.43. The van der Waals surface area contributed by atoms with Crippen molar-refractivity contribution in [3.8, 4) is 5.75 Å². The highest BCUT2D eigenvalue weighted by Crippen LogP contribution is 2.26. The van der Waals surface area contributed by atoms with Crippen molar-refractivity contribution in [2.75, 3.05) is 20.8 Å². The van der Waals surface area contributed by atoms with Gasteiger partial charge in [-0.15, -0.1) is 0 Å². The number of benzene rings is 1. The second-order valence-electron chi connectivity index (χ2n) is 4.98. The second kappa shape index (κ2) is 6.06. The number of methoxy groups -OCH3 is 2. The van der Waals surface area contributed by atoms with Crippen LogP contribution in [0.4, 0.5) is 0 Å². The Morgan fingerprint density at radius 3 is 2.53 bits per heavy atom. The van der Waals surface area contributed by atoms with Crippen molar-refractivity contribution in [2.24, 2.45) is 0 Å². The largest absolute Gasteiger partial charge is 0.497 e. The van der Waals surface area contributed by atoms with Gasteiger partial charge in [0.1, 0.15) is 11.3 Å². The molecule has 1 atom stereocenters. The summed E-state index contributed by atoms with van der Waals surface area (Å²) in [5.41, 5.74) is 0.544. The van der Waals surface area contributed by atoms with Crippen LogP contribution in [0.15, 0.2) is 24.3 Å². The molecule has 19 heavy (non-hydrogen) atoms. The fourth-order valence-electron chi connectivity index (χ4n) is 2.65. The Morgan fingerprint density at radius 1 is 1.26 bits per heavy atom. The van der Waals surface area contributed by atoms with Crippen LogP contribution in [0.1, 0.15) is 24.8 Å². The first-order valence-corrected chi connectivity index (χ1v) is 6.66. The normalized spacial score (nSPS) is 22.8. The van der Waals surface area contributed by atoms with Gasteiger partial charge in [-0.3, -0.25) is 4.79 Å². The molecular weight excluding hydrogens is 242 g/mol. The average molecular weight is 263 g/mol. The molecule has 1 saturated heterocycles. The first-order valence-electron chi connectivity index (χ1n) is 6.66. The predicted molar refractivity (Wildman–Crippen MR) is 73.3 cm³/mol. The maximum atomic E-state index is 12.1. The molecule has 0 saturated carbocycles. The van der Waals surface area contributed by atoms with Gasteiger partial charge in [0.15, 0.2) is 0 Å². The van der Waals surface area contributed by atoms with Crippen LogP contribution in [-0.2, 0) is 16.0 Å². The van der Waals surface area contributed by atoms with Gasteiger partial charge in [0.2, 0.25) is 0 Å². The van der Waals surface area contributed by atoms with Crippen LogP contribution in [-0.4, -0.2) is 32.3 Å². The van der Waals surface area contributed by atoms with Gasteiger partial charge in [-0.1, -0.05) is 12.1 Å². The Balaban J connectivity index is 2.17. The summed E-state index contributed by atoms with van der Waals surface area (Å²) in [6.07, 6.45) is 3.65. The summed E-state index contributed by atoms with van der Waals surface area (Å²) in [6.45, 7) is 0.866. The molecular formula is C15H21NO3. The molecule has 1 aliphatic heterocycles. The quantitative estimate of drug-likeness (QED) is 0.843. The zero-order valence-electron chi connectivity index (χ0n) is 11.6. The molecule has 1 aromatic carbocycles. The van der Waals surface area contributed by atoms with Crippen molar-refractivity contribution < 1.29 is 14.3 Å². The molecule has 1 aliphatic rings. The lowest BCUT2D eigenvalue weighted by atomic mass is 9.83. The van der Waals surface area contributed by atoms with Crippen LogP contribution in [0.25, 0.3) is 0 Å². The number of piperidine rings is 1. The Labute approximate surface area is 114 Å². The van der Waals surface area contributed by atoms with Crippen molar-refractivity contribution in [1.29, 1.82) is 0 Å². The highest BCUT2D eigenvalue weighted by molar-refractivity contribution is 5.81. The van der Waals surface area contributed by atoms with E-state index in [9.17, 15) is 4.79 Å². The van der Waals surface area contributed by atoms with E-state index in [0.29, 0.717) is 6.42 Å². The summed E-state index contributed by atoms with van der Waals surface area (Å²) in [5.74, 6) is 0.662. The van der Waals surface area contributed by atoms with Crippen LogP contribution in [0.3, 0.4) is 0 Å². The third-order valence-electron chi connectivity index (χ3n) is 3.73. The van der Waals surface area contributed by atoms with E-state index < -0.39 is 5.54 Å². The minimum Gasteiger partial charge on any atom is -0.497 e. The van der Waals surface area contributed by atoms with Gasteiger partial charge in [-0.05, 0) is 43.5 Å². The highest BCUT2D eigenvalue weighted by atomic mass is 16.5. The molecule has 0 radical (unpaired) electrons. The van der Waals surface area contributed by atoms with E-state index in [2.05, 4.69) is 5.32 Å². The van der Waals surface area contributed by atoms with Gasteiger partial charge in [-0.2, -0.15) is 0 Å². The second-order valence-corrected chi connectivity index (χ2v) is 4.98. The number of hydrogen-bond donors (Lipinski definition) is 1. The number of rotatable bonds is 4. The summed E-state index contributed by atoms with van der Waals surface area (Å²) in [5, 5.41) is 3.35. The zero-order chi connectivity index (χ0) is 13.7. The number of nitrogens with one attached hydrogen (secondary N) is 1. The molecule has 1 fully saturated rings. The Hall–Kier alpha value is -1.55. The van der Waals surface area contributed by atoms with E-state index >= 15 is 0 Å². The first kappa shape index (κ1) is 13.9. The van der Waals surface area contributed by atoms with Crippen molar-refractivity contribution in [2.45, 2.75) is 31.2 Å².